The van der Waals surface area contributed by atoms with Crippen LogP contribution in [0.2, 0.25) is 0 Å². The molecule has 0 aromatic carbocycles. The molecule has 0 fully saturated rings. The molecule has 1 N–H and O–H groups in total. The zero-order chi connectivity index (χ0) is 10.1. The zero-order valence-electron chi connectivity index (χ0n) is 6.27. The molecule has 1 aromatic rings. The molecule has 0 spiro atoms. The Kier molecular flexibility index (Phi) is 2.51. The van der Waals surface area contributed by atoms with Crippen LogP contribution in [0, 0.1) is 5.95 Å². The van der Waals surface area contributed by atoms with Gasteiger partial charge >= 0.3 is 6.18 Å². The number of pyridine rings is 1. The van der Waals surface area contributed by atoms with Crippen LogP contribution in [-0.2, 0) is 12.8 Å². The molecule has 1 heterocycles. The van der Waals surface area contributed by atoms with Gasteiger partial charge in [-0.05, 0) is 11.6 Å². The highest BCUT2D eigenvalue weighted by atomic mass is 19.4. The Morgan fingerprint density at radius 1 is 1.38 bits per heavy atom. The van der Waals surface area contributed by atoms with Gasteiger partial charge in [-0.25, -0.2) is 4.98 Å². The number of aromatic nitrogens is 1. The molecule has 0 amide bonds. The highest BCUT2D eigenvalue weighted by molar-refractivity contribution is 5.21. The van der Waals surface area contributed by atoms with Gasteiger partial charge in [0.2, 0.25) is 5.95 Å². The molecule has 6 heteroatoms. The number of halogens is 4. The van der Waals surface area contributed by atoms with Gasteiger partial charge in [-0.3, -0.25) is 0 Å². The number of nitrogens with zero attached hydrogens (tertiary/aromatic N) is 1. The van der Waals surface area contributed by atoms with Crippen LogP contribution in [0.15, 0.2) is 12.3 Å². The topological polar surface area (TPSA) is 33.1 Å². The number of rotatable bonds is 1. The third kappa shape index (κ3) is 2.15. The fourth-order valence-corrected chi connectivity index (χ4v) is 0.777. The van der Waals surface area contributed by atoms with Crippen LogP contribution in [0.3, 0.4) is 0 Å². The summed E-state index contributed by atoms with van der Waals surface area (Å²) in [6.07, 6.45) is -3.92. The summed E-state index contributed by atoms with van der Waals surface area (Å²) in [7, 11) is 0. The summed E-state index contributed by atoms with van der Waals surface area (Å²) in [5.41, 5.74) is -1.53. The maximum absolute atomic E-state index is 12.5. The Morgan fingerprint density at radius 3 is 2.46 bits per heavy atom. The second-order valence-corrected chi connectivity index (χ2v) is 2.34. The molecule has 0 radical (unpaired) electrons. The predicted octanol–water partition coefficient (Wildman–Crippen LogP) is 1.73. The first-order valence-corrected chi connectivity index (χ1v) is 3.27. The first-order chi connectivity index (χ1) is 5.95. The Labute approximate surface area is 70.8 Å². The van der Waals surface area contributed by atoms with E-state index in [9.17, 15) is 17.6 Å². The van der Waals surface area contributed by atoms with Crippen molar-refractivity contribution in [3.05, 3.63) is 29.3 Å². The molecule has 1 rings (SSSR count). The van der Waals surface area contributed by atoms with Crippen molar-refractivity contribution in [3.8, 4) is 0 Å². The van der Waals surface area contributed by atoms with Gasteiger partial charge in [0.25, 0.3) is 0 Å². The first-order valence-electron chi connectivity index (χ1n) is 3.27. The SMILES string of the molecule is OCc1cnc(F)c(C(F)(F)F)c1. The highest BCUT2D eigenvalue weighted by Gasteiger charge is 2.34. The van der Waals surface area contributed by atoms with E-state index in [2.05, 4.69) is 4.98 Å². The minimum absolute atomic E-state index is 0.0753. The lowest BCUT2D eigenvalue weighted by Gasteiger charge is -2.07. The molecule has 0 atom stereocenters. The summed E-state index contributed by atoms with van der Waals surface area (Å²) < 4.78 is 48.5. The fourth-order valence-electron chi connectivity index (χ4n) is 0.777. The van der Waals surface area contributed by atoms with Crippen molar-refractivity contribution in [2.75, 3.05) is 0 Å². The number of aliphatic hydroxyl groups is 1. The standard InChI is InChI=1S/C7H5F4NO/c8-6-5(7(9,10)11)1-4(3-13)2-12-6/h1-2,13H,3H2. The molecular formula is C7H5F4NO. The van der Waals surface area contributed by atoms with Gasteiger partial charge < -0.3 is 5.11 Å². The van der Waals surface area contributed by atoms with Crippen molar-refractivity contribution >= 4 is 0 Å². The van der Waals surface area contributed by atoms with E-state index < -0.39 is 24.3 Å². The Balaban J connectivity index is 3.19. The van der Waals surface area contributed by atoms with E-state index in [-0.39, 0.29) is 5.56 Å². The normalized spacial score (nSPS) is 11.8. The van der Waals surface area contributed by atoms with Gasteiger partial charge in [0, 0.05) is 6.20 Å². The monoisotopic (exact) mass is 195 g/mol. The summed E-state index contributed by atoms with van der Waals surface area (Å²) in [6.45, 7) is -0.601. The minimum atomic E-state index is -4.78. The van der Waals surface area contributed by atoms with Gasteiger partial charge in [-0.1, -0.05) is 0 Å². The van der Waals surface area contributed by atoms with Gasteiger partial charge in [-0.2, -0.15) is 17.6 Å². The summed E-state index contributed by atoms with van der Waals surface area (Å²) >= 11 is 0. The molecule has 2 nitrogen and oxygen atoms in total. The van der Waals surface area contributed by atoms with Crippen molar-refractivity contribution in [1.29, 1.82) is 0 Å². The predicted molar refractivity (Wildman–Crippen MR) is 35.1 cm³/mol. The van der Waals surface area contributed by atoms with Gasteiger partial charge in [0.1, 0.15) is 5.56 Å². The van der Waals surface area contributed by atoms with E-state index in [1.54, 1.807) is 0 Å². The van der Waals surface area contributed by atoms with Crippen molar-refractivity contribution < 1.29 is 22.7 Å². The van der Waals surface area contributed by atoms with E-state index in [0.717, 1.165) is 6.20 Å². The van der Waals surface area contributed by atoms with Crippen LogP contribution < -0.4 is 0 Å². The summed E-state index contributed by atoms with van der Waals surface area (Å²) in [5.74, 6) is -1.58. The maximum Gasteiger partial charge on any atom is 0.420 e. The molecule has 0 bridgehead atoms. The van der Waals surface area contributed by atoms with Crippen LogP contribution in [0.4, 0.5) is 17.6 Å². The second kappa shape index (κ2) is 3.29. The van der Waals surface area contributed by atoms with Crippen LogP contribution >= 0.6 is 0 Å². The third-order valence-electron chi connectivity index (χ3n) is 1.38. The van der Waals surface area contributed by atoms with Gasteiger partial charge in [0.05, 0.1) is 6.61 Å². The Morgan fingerprint density at radius 2 is 2.00 bits per heavy atom. The van der Waals surface area contributed by atoms with Crippen LogP contribution in [0.25, 0.3) is 0 Å². The molecule has 0 aliphatic heterocycles. The maximum atomic E-state index is 12.5. The van der Waals surface area contributed by atoms with Gasteiger partial charge in [0.15, 0.2) is 0 Å². The molecule has 0 unspecified atom stereocenters. The molecular weight excluding hydrogens is 190 g/mol. The quantitative estimate of drug-likeness (QED) is 0.546. The van der Waals surface area contributed by atoms with E-state index in [1.807, 2.05) is 0 Å². The molecule has 72 valence electrons. The molecule has 0 saturated carbocycles. The largest absolute Gasteiger partial charge is 0.420 e. The second-order valence-electron chi connectivity index (χ2n) is 2.34. The highest BCUT2D eigenvalue weighted by Crippen LogP contribution is 2.30. The summed E-state index contributed by atoms with van der Waals surface area (Å²) in [5, 5.41) is 8.49. The lowest BCUT2D eigenvalue weighted by atomic mass is 10.2. The van der Waals surface area contributed by atoms with Crippen molar-refractivity contribution in [2.24, 2.45) is 0 Å². The van der Waals surface area contributed by atoms with Crippen molar-refractivity contribution in [1.82, 2.24) is 4.98 Å². The van der Waals surface area contributed by atoms with E-state index in [0.29, 0.717) is 6.07 Å². The van der Waals surface area contributed by atoms with Crippen LogP contribution in [0.1, 0.15) is 11.1 Å². The van der Waals surface area contributed by atoms with Gasteiger partial charge in [-0.15, -0.1) is 0 Å². The molecule has 1 aromatic heterocycles. The lowest BCUT2D eigenvalue weighted by Crippen LogP contribution is -2.10. The number of aliphatic hydroxyl groups excluding tert-OH is 1. The Bertz CT molecular complexity index is 310. The summed E-state index contributed by atoms with van der Waals surface area (Å²) in [4.78, 5) is 2.87. The van der Waals surface area contributed by atoms with E-state index >= 15 is 0 Å². The fraction of sp³-hybridized carbons (Fsp3) is 0.286. The average Bonchev–Trinajstić information content (AvgIpc) is 2.03. The summed E-state index contributed by atoms with van der Waals surface area (Å²) in [6, 6.07) is 0.530. The average molecular weight is 195 g/mol. The Hall–Kier alpha value is -1.17. The van der Waals surface area contributed by atoms with Crippen molar-refractivity contribution in [3.63, 3.8) is 0 Å². The molecule has 0 saturated heterocycles. The van der Waals surface area contributed by atoms with Crippen molar-refractivity contribution in [2.45, 2.75) is 12.8 Å². The first kappa shape index (κ1) is 9.91. The number of hydrogen-bond donors (Lipinski definition) is 1. The smallest absolute Gasteiger partial charge is 0.392 e. The third-order valence-corrected chi connectivity index (χ3v) is 1.38. The van der Waals surface area contributed by atoms with Crippen LogP contribution in [0.5, 0.6) is 0 Å². The number of hydrogen-bond acceptors (Lipinski definition) is 2. The van der Waals surface area contributed by atoms with E-state index in [1.165, 1.54) is 0 Å². The lowest BCUT2D eigenvalue weighted by molar-refractivity contribution is -0.140. The minimum Gasteiger partial charge on any atom is -0.392 e. The van der Waals surface area contributed by atoms with Crippen LogP contribution in [-0.4, -0.2) is 10.1 Å². The zero-order valence-corrected chi connectivity index (χ0v) is 6.27. The number of alkyl halides is 3. The van der Waals surface area contributed by atoms with E-state index in [4.69, 9.17) is 5.11 Å². The molecule has 0 aliphatic carbocycles. The molecule has 13 heavy (non-hydrogen) atoms. The molecule has 0 aliphatic rings.